The zero-order chi connectivity index (χ0) is 15.1. The number of hydrogen-bond donors (Lipinski definition) is 2. The number of aromatic nitrogens is 1. The van der Waals surface area contributed by atoms with Gasteiger partial charge in [-0.3, -0.25) is 9.78 Å². The minimum atomic E-state index is -1.09. The van der Waals surface area contributed by atoms with Gasteiger partial charge in [0, 0.05) is 12.2 Å². The highest BCUT2D eigenvalue weighted by Gasteiger charge is 2.18. The first kappa shape index (κ1) is 15.9. The number of carbonyl (C=O) groups excluding carboxylic acids is 1. The predicted molar refractivity (Wildman–Crippen MR) is 73.8 cm³/mol. The van der Waals surface area contributed by atoms with Crippen LogP contribution < -0.4 is 10.1 Å². The van der Waals surface area contributed by atoms with Gasteiger partial charge in [0.05, 0.1) is 11.8 Å². The molecule has 110 valence electrons. The van der Waals surface area contributed by atoms with E-state index in [0.29, 0.717) is 0 Å². The van der Waals surface area contributed by atoms with Crippen LogP contribution in [-0.4, -0.2) is 34.1 Å². The van der Waals surface area contributed by atoms with E-state index in [1.54, 1.807) is 6.92 Å². The Labute approximate surface area is 118 Å². The smallest absolute Gasteiger partial charge is 0.337 e. The first-order valence-corrected chi connectivity index (χ1v) is 6.63. The maximum absolute atomic E-state index is 11.9. The number of carbonyl (C=O) groups is 2. The second kappa shape index (κ2) is 7.47. The van der Waals surface area contributed by atoms with Crippen molar-refractivity contribution in [2.75, 3.05) is 0 Å². The zero-order valence-electron chi connectivity index (χ0n) is 11.9. The van der Waals surface area contributed by atoms with Crippen LogP contribution in [0.25, 0.3) is 0 Å². The molecule has 1 aromatic rings. The largest absolute Gasteiger partial charge is 0.479 e. The molecule has 0 aliphatic heterocycles. The van der Waals surface area contributed by atoms with Gasteiger partial charge in [0.2, 0.25) is 0 Å². The SMILES string of the molecule is CCC(CC)NC(=O)C(C)Oc1cncc(C(=O)O)c1. The number of carboxylic acid groups (broad SMARTS) is 1. The van der Waals surface area contributed by atoms with Crippen molar-refractivity contribution in [1.82, 2.24) is 10.3 Å². The minimum Gasteiger partial charge on any atom is -0.479 e. The number of carboxylic acids is 1. The summed E-state index contributed by atoms with van der Waals surface area (Å²) in [7, 11) is 0. The molecule has 1 rings (SSSR count). The van der Waals surface area contributed by atoms with Crippen molar-refractivity contribution in [3.8, 4) is 5.75 Å². The van der Waals surface area contributed by atoms with E-state index in [1.165, 1.54) is 18.5 Å². The molecule has 0 saturated heterocycles. The van der Waals surface area contributed by atoms with E-state index in [4.69, 9.17) is 9.84 Å². The van der Waals surface area contributed by atoms with Gasteiger partial charge in [-0.2, -0.15) is 0 Å². The third-order valence-corrected chi connectivity index (χ3v) is 2.97. The van der Waals surface area contributed by atoms with Gasteiger partial charge in [-0.15, -0.1) is 0 Å². The summed E-state index contributed by atoms with van der Waals surface area (Å²) in [4.78, 5) is 26.5. The lowest BCUT2D eigenvalue weighted by Gasteiger charge is -2.19. The van der Waals surface area contributed by atoms with Crippen LogP contribution in [0.5, 0.6) is 5.75 Å². The molecule has 1 aromatic heterocycles. The first-order chi connectivity index (χ1) is 9.47. The number of ether oxygens (including phenoxy) is 1. The maximum atomic E-state index is 11.9. The molecule has 0 spiro atoms. The van der Waals surface area contributed by atoms with E-state index in [1.807, 2.05) is 13.8 Å². The van der Waals surface area contributed by atoms with Crippen molar-refractivity contribution >= 4 is 11.9 Å². The Morgan fingerprint density at radius 3 is 2.55 bits per heavy atom. The Bertz CT molecular complexity index is 472. The van der Waals surface area contributed by atoms with Crippen LogP contribution in [0.3, 0.4) is 0 Å². The summed E-state index contributed by atoms with van der Waals surface area (Å²) >= 11 is 0. The van der Waals surface area contributed by atoms with Gasteiger partial charge >= 0.3 is 5.97 Å². The van der Waals surface area contributed by atoms with Crippen LogP contribution >= 0.6 is 0 Å². The van der Waals surface area contributed by atoms with Crippen LogP contribution in [0, 0.1) is 0 Å². The normalized spacial score (nSPS) is 12.0. The zero-order valence-corrected chi connectivity index (χ0v) is 11.9. The Kier molecular flexibility index (Phi) is 5.96. The predicted octanol–water partition coefficient (Wildman–Crippen LogP) is 1.85. The van der Waals surface area contributed by atoms with Crippen molar-refractivity contribution in [1.29, 1.82) is 0 Å². The molecule has 0 bridgehead atoms. The number of hydrogen-bond acceptors (Lipinski definition) is 4. The topological polar surface area (TPSA) is 88.5 Å². The summed E-state index contributed by atoms with van der Waals surface area (Å²) in [5.74, 6) is -1.05. The van der Waals surface area contributed by atoms with Crippen molar-refractivity contribution in [3.63, 3.8) is 0 Å². The van der Waals surface area contributed by atoms with Gasteiger partial charge in [0.15, 0.2) is 6.10 Å². The van der Waals surface area contributed by atoms with Gasteiger partial charge < -0.3 is 15.2 Å². The Balaban J connectivity index is 2.65. The molecule has 0 aromatic carbocycles. The third-order valence-electron chi connectivity index (χ3n) is 2.97. The van der Waals surface area contributed by atoms with E-state index in [9.17, 15) is 9.59 Å². The Morgan fingerprint density at radius 2 is 2.00 bits per heavy atom. The second-order valence-electron chi connectivity index (χ2n) is 4.50. The highest BCUT2D eigenvalue weighted by atomic mass is 16.5. The lowest BCUT2D eigenvalue weighted by molar-refractivity contribution is -0.128. The molecular weight excluding hydrogens is 260 g/mol. The van der Waals surface area contributed by atoms with Gasteiger partial charge in [-0.05, 0) is 25.8 Å². The molecule has 6 heteroatoms. The summed E-state index contributed by atoms with van der Waals surface area (Å²) in [6.07, 6.45) is 3.61. The molecule has 2 N–H and O–H groups in total. The highest BCUT2D eigenvalue weighted by molar-refractivity contribution is 5.87. The number of amides is 1. The van der Waals surface area contributed by atoms with Gasteiger partial charge in [-0.25, -0.2) is 4.79 Å². The van der Waals surface area contributed by atoms with Gasteiger partial charge in [0.1, 0.15) is 5.75 Å². The molecule has 0 radical (unpaired) electrons. The summed E-state index contributed by atoms with van der Waals surface area (Å²) in [6.45, 7) is 5.62. The number of pyridine rings is 1. The molecule has 1 amide bonds. The summed E-state index contributed by atoms with van der Waals surface area (Å²) < 4.78 is 5.42. The molecular formula is C14H20N2O4. The first-order valence-electron chi connectivity index (χ1n) is 6.63. The van der Waals surface area contributed by atoms with Gasteiger partial charge in [-0.1, -0.05) is 13.8 Å². The Hall–Kier alpha value is -2.11. The lowest BCUT2D eigenvalue weighted by Crippen LogP contribution is -2.42. The van der Waals surface area contributed by atoms with Crippen LogP contribution in [0.15, 0.2) is 18.5 Å². The summed E-state index contributed by atoms with van der Waals surface area (Å²) in [5.41, 5.74) is 0.0232. The van der Waals surface area contributed by atoms with Crippen LogP contribution in [0.4, 0.5) is 0 Å². The van der Waals surface area contributed by atoms with Gasteiger partial charge in [0.25, 0.3) is 5.91 Å². The fourth-order valence-corrected chi connectivity index (χ4v) is 1.67. The molecule has 0 aliphatic carbocycles. The van der Waals surface area contributed by atoms with Crippen molar-refractivity contribution in [2.45, 2.75) is 45.8 Å². The van der Waals surface area contributed by atoms with Crippen LogP contribution in [-0.2, 0) is 4.79 Å². The molecule has 0 saturated carbocycles. The molecule has 1 heterocycles. The fourth-order valence-electron chi connectivity index (χ4n) is 1.67. The highest BCUT2D eigenvalue weighted by Crippen LogP contribution is 2.13. The Morgan fingerprint density at radius 1 is 1.35 bits per heavy atom. The lowest BCUT2D eigenvalue weighted by atomic mass is 10.1. The average molecular weight is 280 g/mol. The van der Waals surface area contributed by atoms with Crippen LogP contribution in [0.1, 0.15) is 44.0 Å². The monoisotopic (exact) mass is 280 g/mol. The number of nitrogens with one attached hydrogen (secondary N) is 1. The quantitative estimate of drug-likeness (QED) is 0.795. The van der Waals surface area contributed by atoms with E-state index in [2.05, 4.69) is 10.3 Å². The van der Waals surface area contributed by atoms with Crippen LogP contribution in [0.2, 0.25) is 0 Å². The van der Waals surface area contributed by atoms with Crippen molar-refractivity contribution in [3.05, 3.63) is 24.0 Å². The molecule has 0 fully saturated rings. The number of nitrogens with zero attached hydrogens (tertiary/aromatic N) is 1. The fraction of sp³-hybridized carbons (Fsp3) is 0.500. The van der Waals surface area contributed by atoms with E-state index in [-0.39, 0.29) is 23.3 Å². The van der Waals surface area contributed by atoms with E-state index >= 15 is 0 Å². The molecule has 1 atom stereocenters. The molecule has 0 aliphatic rings. The molecule has 20 heavy (non-hydrogen) atoms. The average Bonchev–Trinajstić information content (AvgIpc) is 2.44. The third kappa shape index (κ3) is 4.53. The molecule has 1 unspecified atom stereocenters. The summed E-state index contributed by atoms with van der Waals surface area (Å²) in [5, 5.41) is 11.7. The number of rotatable bonds is 7. The van der Waals surface area contributed by atoms with E-state index in [0.717, 1.165) is 12.8 Å². The molecule has 6 nitrogen and oxygen atoms in total. The number of aromatic carboxylic acids is 1. The maximum Gasteiger partial charge on any atom is 0.337 e. The minimum absolute atomic E-state index is 0.0232. The van der Waals surface area contributed by atoms with E-state index < -0.39 is 12.1 Å². The summed E-state index contributed by atoms with van der Waals surface area (Å²) in [6, 6.07) is 1.47. The van der Waals surface area contributed by atoms with Crippen molar-refractivity contribution < 1.29 is 19.4 Å². The second-order valence-corrected chi connectivity index (χ2v) is 4.50. The van der Waals surface area contributed by atoms with Crippen molar-refractivity contribution in [2.24, 2.45) is 0 Å². The standard InChI is InChI=1S/C14H20N2O4/c1-4-11(5-2)16-13(17)9(3)20-12-6-10(14(18)19)7-15-8-12/h6-9,11H,4-5H2,1-3H3,(H,16,17)(H,18,19).